The number of hydrogen-bond donors (Lipinski definition) is 0. The van der Waals surface area contributed by atoms with Gasteiger partial charge in [-0.15, -0.1) is 0 Å². The summed E-state index contributed by atoms with van der Waals surface area (Å²) in [6, 6.07) is 19.3. The molecule has 1 fully saturated rings. The second kappa shape index (κ2) is 7.76. The summed E-state index contributed by atoms with van der Waals surface area (Å²) < 4.78 is 6.41. The lowest BCUT2D eigenvalue weighted by molar-refractivity contribution is 0.0339. The van der Waals surface area contributed by atoms with Gasteiger partial charge in [-0.1, -0.05) is 60.2 Å². The van der Waals surface area contributed by atoms with Crippen LogP contribution in [0.5, 0.6) is 0 Å². The van der Waals surface area contributed by atoms with Gasteiger partial charge in [0.2, 0.25) is 0 Å². The number of piperidine rings is 1. The summed E-state index contributed by atoms with van der Waals surface area (Å²) in [7, 11) is 2.20. The van der Waals surface area contributed by atoms with Gasteiger partial charge < -0.3 is 9.64 Å². The van der Waals surface area contributed by atoms with Crippen molar-refractivity contribution in [1.82, 2.24) is 4.90 Å². The van der Waals surface area contributed by atoms with E-state index >= 15 is 0 Å². The Morgan fingerprint density at radius 2 is 1.57 bits per heavy atom. The zero-order valence-corrected chi connectivity index (χ0v) is 14.2. The first-order chi connectivity index (χ1) is 11.2. The van der Waals surface area contributed by atoms with E-state index in [0.29, 0.717) is 5.92 Å². The van der Waals surface area contributed by atoms with Crippen LogP contribution in [0.2, 0.25) is 0 Å². The van der Waals surface area contributed by atoms with E-state index in [1.165, 1.54) is 42.6 Å². The van der Waals surface area contributed by atoms with Gasteiger partial charge in [-0.25, -0.2) is 0 Å². The second-order valence-electron chi connectivity index (χ2n) is 6.78. The Bertz CT molecular complexity index is 585. The molecule has 0 aliphatic carbocycles. The summed E-state index contributed by atoms with van der Waals surface area (Å²) in [4.78, 5) is 2.41. The molecule has 0 saturated carbocycles. The molecule has 2 aromatic rings. The third kappa shape index (κ3) is 4.43. The molecule has 2 heteroatoms. The van der Waals surface area contributed by atoms with Crippen LogP contribution >= 0.6 is 0 Å². The fraction of sp³-hybridized carbons (Fsp3) is 0.429. The summed E-state index contributed by atoms with van der Waals surface area (Å²) in [5.74, 6) is 0.683. The molecule has 0 spiro atoms. The normalized spacial score (nSPS) is 18.0. The largest absolute Gasteiger partial charge is 0.368 e. The van der Waals surface area contributed by atoms with E-state index in [1.807, 2.05) is 0 Å². The quantitative estimate of drug-likeness (QED) is 0.809. The first-order valence-corrected chi connectivity index (χ1v) is 8.64. The zero-order chi connectivity index (χ0) is 16.1. The molecule has 0 bridgehead atoms. The van der Waals surface area contributed by atoms with Gasteiger partial charge in [-0.3, -0.25) is 0 Å². The van der Waals surface area contributed by atoms with Gasteiger partial charge in [0, 0.05) is 0 Å². The van der Waals surface area contributed by atoms with Crippen LogP contribution in [0, 0.1) is 12.8 Å². The molecule has 2 nitrogen and oxygen atoms in total. The molecule has 122 valence electrons. The first kappa shape index (κ1) is 16.2. The molecule has 1 aliphatic heterocycles. The number of nitrogens with zero attached hydrogens (tertiary/aromatic N) is 1. The lowest BCUT2D eigenvalue weighted by Gasteiger charge is -2.30. The lowest BCUT2D eigenvalue weighted by atomic mass is 9.97. The Hall–Kier alpha value is -1.64. The van der Waals surface area contributed by atoms with Crippen LogP contribution in [0.4, 0.5) is 0 Å². The van der Waals surface area contributed by atoms with Crippen molar-refractivity contribution in [2.24, 2.45) is 5.92 Å². The van der Waals surface area contributed by atoms with E-state index in [1.54, 1.807) is 0 Å². The van der Waals surface area contributed by atoms with Crippen LogP contribution < -0.4 is 0 Å². The molecule has 1 saturated heterocycles. The first-order valence-electron chi connectivity index (χ1n) is 8.64. The minimum atomic E-state index is 0.0384. The van der Waals surface area contributed by atoms with Crippen molar-refractivity contribution in [2.75, 3.05) is 26.7 Å². The minimum Gasteiger partial charge on any atom is -0.368 e. The molecule has 0 N–H and O–H groups in total. The number of ether oxygens (including phenoxy) is 1. The fourth-order valence-electron chi connectivity index (χ4n) is 3.22. The van der Waals surface area contributed by atoms with Gasteiger partial charge in [0.05, 0.1) is 6.61 Å². The average molecular weight is 309 g/mol. The van der Waals surface area contributed by atoms with E-state index in [-0.39, 0.29) is 6.10 Å². The molecular weight excluding hydrogens is 282 g/mol. The van der Waals surface area contributed by atoms with Crippen LogP contribution in [0.25, 0.3) is 0 Å². The van der Waals surface area contributed by atoms with Crippen LogP contribution in [0.15, 0.2) is 54.6 Å². The van der Waals surface area contributed by atoms with Crippen molar-refractivity contribution < 1.29 is 4.74 Å². The van der Waals surface area contributed by atoms with Gasteiger partial charge in [0.25, 0.3) is 0 Å². The SMILES string of the molecule is Cc1ccc(C(OCC2CCN(C)CC2)c2ccccc2)cc1. The van der Waals surface area contributed by atoms with E-state index < -0.39 is 0 Å². The highest BCUT2D eigenvalue weighted by atomic mass is 16.5. The Balaban J connectivity index is 1.72. The molecule has 0 aromatic heterocycles. The highest BCUT2D eigenvalue weighted by molar-refractivity contribution is 5.31. The van der Waals surface area contributed by atoms with Crippen molar-refractivity contribution in [1.29, 1.82) is 0 Å². The van der Waals surface area contributed by atoms with Crippen LogP contribution in [-0.2, 0) is 4.74 Å². The van der Waals surface area contributed by atoms with E-state index in [9.17, 15) is 0 Å². The fourth-order valence-corrected chi connectivity index (χ4v) is 3.22. The lowest BCUT2D eigenvalue weighted by Crippen LogP contribution is -2.32. The molecule has 2 aromatic carbocycles. The van der Waals surface area contributed by atoms with Gasteiger partial charge >= 0.3 is 0 Å². The highest BCUT2D eigenvalue weighted by Crippen LogP contribution is 2.28. The number of hydrogen-bond acceptors (Lipinski definition) is 2. The zero-order valence-electron chi connectivity index (χ0n) is 14.2. The van der Waals surface area contributed by atoms with Gasteiger partial charge in [-0.2, -0.15) is 0 Å². The topological polar surface area (TPSA) is 12.5 Å². The molecule has 3 rings (SSSR count). The van der Waals surface area contributed by atoms with Crippen molar-refractivity contribution in [3.05, 3.63) is 71.3 Å². The molecule has 0 radical (unpaired) electrons. The van der Waals surface area contributed by atoms with E-state index in [2.05, 4.69) is 73.5 Å². The molecule has 1 heterocycles. The summed E-state index contributed by atoms with van der Waals surface area (Å²) in [5.41, 5.74) is 3.77. The molecular formula is C21H27NO. The van der Waals surface area contributed by atoms with Crippen molar-refractivity contribution in [2.45, 2.75) is 25.9 Å². The maximum absolute atomic E-state index is 6.41. The Labute approximate surface area is 140 Å². The van der Waals surface area contributed by atoms with Crippen molar-refractivity contribution in [3.63, 3.8) is 0 Å². The van der Waals surface area contributed by atoms with Crippen molar-refractivity contribution >= 4 is 0 Å². The smallest absolute Gasteiger partial charge is 0.108 e. The van der Waals surface area contributed by atoms with Gasteiger partial charge in [0.15, 0.2) is 0 Å². The highest BCUT2D eigenvalue weighted by Gasteiger charge is 2.20. The van der Waals surface area contributed by atoms with E-state index in [0.717, 1.165) is 6.61 Å². The third-order valence-corrected chi connectivity index (χ3v) is 4.82. The number of benzene rings is 2. The Kier molecular flexibility index (Phi) is 5.47. The number of rotatable bonds is 5. The average Bonchev–Trinajstić information content (AvgIpc) is 2.59. The minimum absolute atomic E-state index is 0.0384. The number of likely N-dealkylation sites (tertiary alicyclic amines) is 1. The number of aryl methyl sites for hydroxylation is 1. The molecule has 1 aliphatic rings. The monoisotopic (exact) mass is 309 g/mol. The van der Waals surface area contributed by atoms with Crippen LogP contribution in [0.1, 0.15) is 35.6 Å². The van der Waals surface area contributed by atoms with E-state index in [4.69, 9.17) is 4.74 Å². The van der Waals surface area contributed by atoms with Gasteiger partial charge in [0.1, 0.15) is 6.10 Å². The predicted molar refractivity (Wildman–Crippen MR) is 95.6 cm³/mol. The third-order valence-electron chi connectivity index (χ3n) is 4.82. The predicted octanol–water partition coefficient (Wildman–Crippen LogP) is 4.44. The molecule has 1 atom stereocenters. The second-order valence-corrected chi connectivity index (χ2v) is 6.78. The summed E-state index contributed by atoms with van der Waals surface area (Å²) >= 11 is 0. The maximum atomic E-state index is 6.41. The summed E-state index contributed by atoms with van der Waals surface area (Å²) in [6.07, 6.45) is 2.52. The maximum Gasteiger partial charge on any atom is 0.108 e. The molecule has 1 unspecified atom stereocenters. The standard InChI is InChI=1S/C21H27NO/c1-17-8-10-20(11-9-17)21(19-6-4-3-5-7-19)23-16-18-12-14-22(2)15-13-18/h3-11,18,21H,12-16H2,1-2H3. The van der Waals surface area contributed by atoms with Crippen LogP contribution in [0.3, 0.4) is 0 Å². The summed E-state index contributed by atoms with van der Waals surface area (Å²) in [6.45, 7) is 5.35. The molecule has 23 heavy (non-hydrogen) atoms. The Morgan fingerprint density at radius 3 is 2.22 bits per heavy atom. The van der Waals surface area contributed by atoms with Crippen LogP contribution in [-0.4, -0.2) is 31.6 Å². The Morgan fingerprint density at radius 1 is 0.957 bits per heavy atom. The van der Waals surface area contributed by atoms with Crippen molar-refractivity contribution in [3.8, 4) is 0 Å². The summed E-state index contributed by atoms with van der Waals surface area (Å²) in [5, 5.41) is 0. The van der Waals surface area contributed by atoms with Gasteiger partial charge in [-0.05, 0) is 56.9 Å². The molecule has 0 amide bonds.